The van der Waals surface area contributed by atoms with Crippen LogP contribution in [-0.4, -0.2) is 40.3 Å². The molecule has 0 spiro atoms. The molecule has 1 aliphatic heterocycles. The molecule has 0 amide bonds. The first-order valence-electron chi connectivity index (χ1n) is 8.72. The summed E-state index contributed by atoms with van der Waals surface area (Å²) in [6, 6.07) is 8.83. The lowest BCUT2D eigenvalue weighted by Gasteiger charge is -2.21. The molecule has 0 radical (unpaired) electrons. The van der Waals surface area contributed by atoms with E-state index in [9.17, 15) is 19.2 Å². The van der Waals surface area contributed by atoms with Crippen LogP contribution in [0.15, 0.2) is 46.1 Å². The number of rotatable bonds is 5. The maximum Gasteiger partial charge on any atom is 0.330 e. The lowest BCUT2D eigenvalue weighted by molar-refractivity contribution is -0.153. The van der Waals surface area contributed by atoms with Crippen molar-refractivity contribution in [3.05, 3.63) is 57.4 Å². The Hall–Kier alpha value is -3.20. The smallest absolute Gasteiger partial charge is 0.330 e. The molecule has 1 N–H and O–H groups in total. The van der Waals surface area contributed by atoms with Crippen molar-refractivity contribution < 1.29 is 23.8 Å². The molecule has 0 unspecified atom stereocenters. The SMILES string of the molecule is CC(=O)OC[C@H]1C[C@@H](OC(C)=O)[C@H](n2cc(-c3ccccc3)c(=O)[nH]c2=O)O1. The van der Waals surface area contributed by atoms with E-state index in [1.165, 1.54) is 24.6 Å². The Balaban J connectivity index is 1.97. The van der Waals surface area contributed by atoms with Gasteiger partial charge in [0.05, 0.1) is 11.7 Å². The number of ether oxygens (including phenoxy) is 3. The topological polar surface area (TPSA) is 117 Å². The second-order valence-corrected chi connectivity index (χ2v) is 6.41. The van der Waals surface area contributed by atoms with Crippen molar-refractivity contribution >= 4 is 11.9 Å². The minimum absolute atomic E-state index is 0.0345. The van der Waals surface area contributed by atoms with Gasteiger partial charge in [-0.1, -0.05) is 30.3 Å². The van der Waals surface area contributed by atoms with Gasteiger partial charge >= 0.3 is 17.6 Å². The summed E-state index contributed by atoms with van der Waals surface area (Å²) < 4.78 is 17.2. The quantitative estimate of drug-likeness (QED) is 0.759. The van der Waals surface area contributed by atoms with E-state index in [-0.39, 0.29) is 18.6 Å². The van der Waals surface area contributed by atoms with Gasteiger partial charge in [0, 0.05) is 26.5 Å². The van der Waals surface area contributed by atoms with Gasteiger partial charge in [0.25, 0.3) is 5.56 Å². The van der Waals surface area contributed by atoms with Crippen LogP contribution < -0.4 is 11.2 Å². The fourth-order valence-corrected chi connectivity index (χ4v) is 3.10. The van der Waals surface area contributed by atoms with Crippen molar-refractivity contribution in [1.82, 2.24) is 9.55 Å². The molecular weight excluding hydrogens is 368 g/mol. The van der Waals surface area contributed by atoms with Crippen LogP contribution in [0.3, 0.4) is 0 Å². The first kappa shape index (κ1) is 19.6. The van der Waals surface area contributed by atoms with Gasteiger partial charge in [0.15, 0.2) is 6.23 Å². The zero-order valence-corrected chi connectivity index (χ0v) is 15.4. The predicted molar refractivity (Wildman–Crippen MR) is 97.5 cm³/mol. The molecule has 0 bridgehead atoms. The highest BCUT2D eigenvalue weighted by Crippen LogP contribution is 2.31. The second kappa shape index (κ2) is 8.22. The number of hydrogen-bond donors (Lipinski definition) is 1. The minimum atomic E-state index is -0.962. The number of aromatic nitrogens is 2. The second-order valence-electron chi connectivity index (χ2n) is 6.41. The molecule has 2 aromatic rings. The van der Waals surface area contributed by atoms with Gasteiger partial charge in [-0.2, -0.15) is 0 Å². The Kier molecular flexibility index (Phi) is 5.74. The molecule has 148 valence electrons. The third-order valence-corrected chi connectivity index (χ3v) is 4.26. The van der Waals surface area contributed by atoms with E-state index in [0.29, 0.717) is 5.56 Å². The zero-order valence-electron chi connectivity index (χ0n) is 15.4. The Morgan fingerprint density at radius 3 is 2.54 bits per heavy atom. The van der Waals surface area contributed by atoms with Crippen molar-refractivity contribution in [1.29, 1.82) is 0 Å². The molecule has 1 saturated heterocycles. The maximum absolute atomic E-state index is 12.4. The van der Waals surface area contributed by atoms with Crippen LogP contribution in [0, 0.1) is 0 Å². The van der Waals surface area contributed by atoms with Gasteiger partial charge in [-0.15, -0.1) is 0 Å². The van der Waals surface area contributed by atoms with E-state index in [1.807, 2.05) is 6.07 Å². The Morgan fingerprint density at radius 1 is 1.18 bits per heavy atom. The van der Waals surface area contributed by atoms with Gasteiger partial charge in [-0.25, -0.2) is 4.79 Å². The van der Waals surface area contributed by atoms with E-state index in [2.05, 4.69) is 4.98 Å². The Labute approximate surface area is 159 Å². The molecule has 1 aliphatic rings. The highest BCUT2D eigenvalue weighted by atomic mass is 16.6. The number of H-pyrrole nitrogens is 1. The molecule has 0 saturated carbocycles. The average molecular weight is 388 g/mol. The van der Waals surface area contributed by atoms with E-state index in [1.54, 1.807) is 24.3 Å². The summed E-state index contributed by atoms with van der Waals surface area (Å²) in [5.41, 5.74) is -0.337. The van der Waals surface area contributed by atoms with E-state index in [4.69, 9.17) is 14.2 Å². The monoisotopic (exact) mass is 388 g/mol. The molecule has 28 heavy (non-hydrogen) atoms. The van der Waals surface area contributed by atoms with Gasteiger partial charge in [0.2, 0.25) is 0 Å². The summed E-state index contributed by atoms with van der Waals surface area (Å²) in [6.07, 6.45) is -0.672. The maximum atomic E-state index is 12.4. The first-order chi connectivity index (χ1) is 13.3. The number of carbonyl (C=O) groups excluding carboxylic acids is 2. The molecule has 9 heteroatoms. The van der Waals surface area contributed by atoms with Crippen molar-refractivity contribution in [3.8, 4) is 11.1 Å². The minimum Gasteiger partial charge on any atom is -0.463 e. The fraction of sp³-hybridized carbons (Fsp3) is 0.368. The Bertz CT molecular complexity index is 980. The molecule has 3 rings (SSSR count). The molecule has 1 aromatic carbocycles. The molecule has 1 fully saturated rings. The summed E-state index contributed by atoms with van der Waals surface area (Å²) in [7, 11) is 0. The van der Waals surface area contributed by atoms with Crippen molar-refractivity contribution in [2.45, 2.75) is 38.7 Å². The summed E-state index contributed by atoms with van der Waals surface area (Å²) >= 11 is 0. The largest absolute Gasteiger partial charge is 0.463 e. The van der Waals surface area contributed by atoms with Crippen molar-refractivity contribution in [2.24, 2.45) is 0 Å². The zero-order chi connectivity index (χ0) is 20.3. The van der Waals surface area contributed by atoms with Gasteiger partial charge < -0.3 is 14.2 Å². The molecule has 2 heterocycles. The predicted octanol–water partition coefficient (Wildman–Crippen LogP) is 0.986. The van der Waals surface area contributed by atoms with E-state index < -0.39 is 41.6 Å². The number of benzene rings is 1. The van der Waals surface area contributed by atoms with Crippen LogP contribution in [-0.2, 0) is 23.8 Å². The summed E-state index contributed by atoms with van der Waals surface area (Å²) in [4.78, 5) is 49.5. The lowest BCUT2D eigenvalue weighted by Crippen LogP contribution is -2.37. The van der Waals surface area contributed by atoms with Crippen molar-refractivity contribution in [3.63, 3.8) is 0 Å². The first-order valence-corrected chi connectivity index (χ1v) is 8.72. The third-order valence-electron chi connectivity index (χ3n) is 4.26. The molecule has 0 aliphatic carbocycles. The third kappa shape index (κ3) is 4.37. The standard InChI is InChI=1S/C19H20N2O7/c1-11(22)26-10-14-8-16(27-12(2)23)18(28-14)21-9-15(17(24)20-19(21)25)13-6-4-3-5-7-13/h3-7,9,14,16,18H,8,10H2,1-2H3,(H,20,24,25)/t14-,16-,18-/m1/s1. The number of esters is 2. The van der Waals surface area contributed by atoms with Crippen LogP contribution in [0.1, 0.15) is 26.5 Å². The highest BCUT2D eigenvalue weighted by molar-refractivity contribution is 5.66. The normalized spacial score (nSPS) is 21.3. The number of hydrogen-bond acceptors (Lipinski definition) is 7. The number of nitrogens with one attached hydrogen (secondary N) is 1. The van der Waals surface area contributed by atoms with Crippen LogP contribution in [0.25, 0.3) is 11.1 Å². The fourth-order valence-electron chi connectivity index (χ4n) is 3.10. The average Bonchev–Trinajstić information content (AvgIpc) is 3.02. The molecule has 1 aromatic heterocycles. The summed E-state index contributed by atoms with van der Waals surface area (Å²) in [5, 5.41) is 0. The van der Waals surface area contributed by atoms with Gasteiger partial charge in [0.1, 0.15) is 12.7 Å². The Morgan fingerprint density at radius 2 is 1.89 bits per heavy atom. The number of carbonyl (C=O) groups is 2. The molecule has 3 atom stereocenters. The van der Waals surface area contributed by atoms with E-state index >= 15 is 0 Å². The lowest BCUT2D eigenvalue weighted by atomic mass is 10.1. The highest BCUT2D eigenvalue weighted by Gasteiger charge is 2.40. The number of aromatic amines is 1. The van der Waals surface area contributed by atoms with Crippen LogP contribution in [0.5, 0.6) is 0 Å². The van der Waals surface area contributed by atoms with E-state index in [0.717, 1.165) is 0 Å². The molecular formula is C19H20N2O7. The summed E-state index contributed by atoms with van der Waals surface area (Å²) in [6.45, 7) is 2.49. The molecule has 9 nitrogen and oxygen atoms in total. The summed E-state index contributed by atoms with van der Waals surface area (Å²) in [5.74, 6) is -1.00. The van der Waals surface area contributed by atoms with Gasteiger partial charge in [-0.3, -0.25) is 23.9 Å². The number of nitrogens with zero attached hydrogens (tertiary/aromatic N) is 1. The van der Waals surface area contributed by atoms with Crippen LogP contribution in [0.4, 0.5) is 0 Å². The van der Waals surface area contributed by atoms with Crippen LogP contribution in [0.2, 0.25) is 0 Å². The van der Waals surface area contributed by atoms with Crippen molar-refractivity contribution in [2.75, 3.05) is 6.61 Å². The van der Waals surface area contributed by atoms with Gasteiger partial charge in [-0.05, 0) is 5.56 Å². The van der Waals surface area contributed by atoms with Crippen LogP contribution >= 0.6 is 0 Å².